The fraction of sp³-hybridized carbons (Fsp3) is 0.318. The molecule has 0 amide bonds. The topological polar surface area (TPSA) is 77.1 Å². The Morgan fingerprint density at radius 1 is 1.18 bits per heavy atom. The lowest BCUT2D eigenvalue weighted by molar-refractivity contribution is 0.0374. The number of aryl methyl sites for hydroxylation is 3. The van der Waals surface area contributed by atoms with Crippen LogP contribution in [0.1, 0.15) is 35.5 Å². The summed E-state index contributed by atoms with van der Waals surface area (Å²) in [6.07, 6.45) is 0.380. The molecule has 2 heterocycles. The van der Waals surface area contributed by atoms with Crippen LogP contribution in [0.3, 0.4) is 0 Å². The second kappa shape index (κ2) is 7.84. The van der Waals surface area contributed by atoms with E-state index in [1.165, 1.54) is 6.07 Å². The van der Waals surface area contributed by atoms with Crippen molar-refractivity contribution in [1.29, 1.82) is 5.41 Å². The lowest BCUT2D eigenvalue weighted by Crippen LogP contribution is -2.32. The highest BCUT2D eigenvalue weighted by molar-refractivity contribution is 5.93. The number of carbonyl (C=O) groups is 1. The maximum atomic E-state index is 12.8. The lowest BCUT2D eigenvalue weighted by Gasteiger charge is -2.17. The molecule has 0 bridgehead atoms. The van der Waals surface area contributed by atoms with Gasteiger partial charge in [-0.3, -0.25) is 10.2 Å². The molecule has 1 aromatic carbocycles. The number of hydrogen-bond acceptors (Lipinski definition) is 4. The number of fused-ring (bicyclic) bond motifs is 1. The zero-order valence-corrected chi connectivity index (χ0v) is 16.7. The van der Waals surface area contributed by atoms with Crippen LogP contribution in [0.5, 0.6) is 0 Å². The van der Waals surface area contributed by atoms with E-state index in [4.69, 9.17) is 10.1 Å². The summed E-state index contributed by atoms with van der Waals surface area (Å²) in [5.41, 5.74) is 2.54. The first-order chi connectivity index (χ1) is 13.3. The van der Waals surface area contributed by atoms with Crippen LogP contribution in [0, 0.1) is 12.3 Å². The number of rotatable bonds is 5. The summed E-state index contributed by atoms with van der Waals surface area (Å²) in [7, 11) is 1.70. The summed E-state index contributed by atoms with van der Waals surface area (Å²) in [5.74, 6) is -0.585. The number of esters is 1. The van der Waals surface area contributed by atoms with E-state index in [1.54, 1.807) is 30.0 Å². The minimum atomic E-state index is -0.585. The molecule has 6 nitrogen and oxygen atoms in total. The van der Waals surface area contributed by atoms with Gasteiger partial charge in [0.2, 0.25) is 0 Å². The van der Waals surface area contributed by atoms with Crippen molar-refractivity contribution in [3.8, 4) is 0 Å². The van der Waals surface area contributed by atoms with Crippen molar-refractivity contribution in [2.45, 2.75) is 39.8 Å². The monoisotopic (exact) mass is 379 g/mol. The maximum Gasteiger partial charge on any atom is 0.342 e. The van der Waals surface area contributed by atoms with Gasteiger partial charge in [0.15, 0.2) is 0 Å². The lowest BCUT2D eigenvalue weighted by atomic mass is 10.1. The molecule has 0 radical (unpaired) electrons. The molecular weight excluding hydrogens is 354 g/mol. The van der Waals surface area contributed by atoms with Crippen molar-refractivity contribution < 1.29 is 9.53 Å². The highest BCUT2D eigenvalue weighted by Crippen LogP contribution is 2.14. The van der Waals surface area contributed by atoms with Crippen molar-refractivity contribution in [1.82, 2.24) is 9.13 Å². The minimum Gasteiger partial charge on any atom is -0.459 e. The van der Waals surface area contributed by atoms with Crippen LogP contribution in [0.25, 0.3) is 10.9 Å². The number of benzene rings is 1. The molecule has 0 aliphatic heterocycles. The molecule has 146 valence electrons. The van der Waals surface area contributed by atoms with Crippen molar-refractivity contribution in [2.75, 3.05) is 0 Å². The van der Waals surface area contributed by atoms with Gasteiger partial charge in [-0.2, -0.15) is 0 Å². The van der Waals surface area contributed by atoms with Gasteiger partial charge in [0, 0.05) is 19.3 Å². The number of carbonyl (C=O) groups excluding carboxylic acids is 1. The number of hydrogen-bond donors (Lipinski definition) is 1. The van der Waals surface area contributed by atoms with Crippen LogP contribution < -0.4 is 11.0 Å². The van der Waals surface area contributed by atoms with Gasteiger partial charge in [-0.15, -0.1) is 0 Å². The van der Waals surface area contributed by atoms with E-state index in [-0.39, 0.29) is 22.7 Å². The van der Waals surface area contributed by atoms with Gasteiger partial charge in [0.1, 0.15) is 11.1 Å². The van der Waals surface area contributed by atoms with Gasteiger partial charge in [-0.25, -0.2) is 4.79 Å². The van der Waals surface area contributed by atoms with E-state index in [0.29, 0.717) is 23.9 Å². The predicted octanol–water partition coefficient (Wildman–Crippen LogP) is 2.94. The Balaban J connectivity index is 2.20. The number of nitrogens with one attached hydrogen (secondary N) is 1. The third kappa shape index (κ3) is 3.76. The largest absolute Gasteiger partial charge is 0.459 e. The summed E-state index contributed by atoms with van der Waals surface area (Å²) in [5, 5.41) is 9.03. The van der Waals surface area contributed by atoms with Crippen molar-refractivity contribution in [3.63, 3.8) is 0 Å². The molecule has 6 heteroatoms. The summed E-state index contributed by atoms with van der Waals surface area (Å²) in [6.45, 7) is 5.85. The maximum absolute atomic E-state index is 12.8. The second-order valence-corrected chi connectivity index (χ2v) is 7.20. The third-order valence-corrected chi connectivity index (χ3v) is 4.82. The smallest absolute Gasteiger partial charge is 0.342 e. The average molecular weight is 379 g/mol. The van der Waals surface area contributed by atoms with Gasteiger partial charge in [-0.1, -0.05) is 30.3 Å². The van der Waals surface area contributed by atoms with E-state index in [1.807, 2.05) is 43.3 Å². The molecule has 3 aromatic rings. The Kier molecular flexibility index (Phi) is 5.49. The van der Waals surface area contributed by atoms with E-state index in [2.05, 4.69) is 0 Å². The molecule has 3 rings (SSSR count). The molecule has 0 saturated carbocycles. The van der Waals surface area contributed by atoms with Gasteiger partial charge in [-0.05, 0) is 44.9 Å². The van der Waals surface area contributed by atoms with E-state index < -0.39 is 5.97 Å². The van der Waals surface area contributed by atoms with Crippen LogP contribution in [-0.2, 0) is 24.8 Å². The molecule has 0 fully saturated rings. The summed E-state index contributed by atoms with van der Waals surface area (Å²) in [6, 6.07) is 13.3. The number of aromatic nitrogens is 2. The molecule has 0 saturated heterocycles. The molecule has 1 N–H and O–H groups in total. The van der Waals surface area contributed by atoms with E-state index >= 15 is 0 Å². The van der Waals surface area contributed by atoms with Gasteiger partial charge in [0.25, 0.3) is 5.56 Å². The number of ether oxygens (including phenoxy) is 1. The van der Waals surface area contributed by atoms with Gasteiger partial charge >= 0.3 is 5.97 Å². The Hall–Kier alpha value is -3.15. The van der Waals surface area contributed by atoms with Crippen LogP contribution >= 0.6 is 0 Å². The van der Waals surface area contributed by atoms with Crippen molar-refractivity contribution in [2.24, 2.45) is 7.05 Å². The Labute approximate surface area is 163 Å². The third-order valence-electron chi connectivity index (χ3n) is 4.82. The zero-order chi connectivity index (χ0) is 20.4. The molecule has 0 spiro atoms. The Morgan fingerprint density at radius 2 is 1.86 bits per heavy atom. The summed E-state index contributed by atoms with van der Waals surface area (Å²) in [4.78, 5) is 25.4. The van der Waals surface area contributed by atoms with Crippen molar-refractivity contribution >= 4 is 16.9 Å². The first kappa shape index (κ1) is 19.6. The van der Waals surface area contributed by atoms with Crippen LogP contribution in [0.2, 0.25) is 0 Å². The highest BCUT2D eigenvalue weighted by atomic mass is 16.5. The van der Waals surface area contributed by atoms with E-state index in [9.17, 15) is 9.59 Å². The average Bonchev–Trinajstić information content (AvgIpc) is 2.65. The van der Waals surface area contributed by atoms with E-state index in [0.717, 1.165) is 11.3 Å². The Morgan fingerprint density at radius 3 is 2.50 bits per heavy atom. The van der Waals surface area contributed by atoms with Gasteiger partial charge in [0.05, 0.1) is 17.0 Å². The van der Waals surface area contributed by atoms with Crippen LogP contribution in [0.15, 0.2) is 47.3 Å². The summed E-state index contributed by atoms with van der Waals surface area (Å²) >= 11 is 0. The molecule has 2 aromatic heterocycles. The Bertz CT molecular complexity index is 1140. The second-order valence-electron chi connectivity index (χ2n) is 7.20. The molecule has 0 aliphatic carbocycles. The predicted molar refractivity (Wildman–Crippen MR) is 108 cm³/mol. The minimum absolute atomic E-state index is 0.0572. The van der Waals surface area contributed by atoms with Gasteiger partial charge < -0.3 is 13.9 Å². The normalized spacial score (nSPS) is 11.2. The quantitative estimate of drug-likeness (QED) is 0.693. The standard InChI is InChI=1S/C22H25N3O3/c1-14(2)28-22(27)18-13-17-19(12-15(3)24(4)21(17)26)25(20(18)23)11-10-16-8-6-5-7-9-16/h5-9,12-14,23H,10-11H2,1-4H3. The first-order valence-corrected chi connectivity index (χ1v) is 9.33. The molecule has 28 heavy (non-hydrogen) atoms. The van der Waals surface area contributed by atoms with Crippen LogP contribution in [-0.4, -0.2) is 21.2 Å². The SMILES string of the molecule is Cc1cc2c(cc(C(=O)OC(C)C)c(=N)n2CCc2ccccc2)c(=O)n1C. The summed E-state index contributed by atoms with van der Waals surface area (Å²) < 4.78 is 8.57. The fourth-order valence-corrected chi connectivity index (χ4v) is 3.21. The van der Waals surface area contributed by atoms with Crippen LogP contribution in [0.4, 0.5) is 0 Å². The molecule has 0 atom stereocenters. The zero-order valence-electron chi connectivity index (χ0n) is 16.7. The molecule has 0 unspecified atom stereocenters. The molecular formula is C22H25N3O3. The number of pyridine rings is 2. The molecule has 0 aliphatic rings. The highest BCUT2D eigenvalue weighted by Gasteiger charge is 2.18. The van der Waals surface area contributed by atoms with Crippen molar-refractivity contribution in [3.05, 3.63) is 75.1 Å². The first-order valence-electron chi connectivity index (χ1n) is 9.33. The number of nitrogens with zero attached hydrogens (tertiary/aromatic N) is 2. The fourth-order valence-electron chi connectivity index (χ4n) is 3.21.